The monoisotopic (exact) mass is 423 g/mol. The summed E-state index contributed by atoms with van der Waals surface area (Å²) >= 11 is 0. The van der Waals surface area contributed by atoms with E-state index in [9.17, 15) is 4.79 Å². The van der Waals surface area contributed by atoms with E-state index in [0.717, 1.165) is 25.9 Å². The van der Waals surface area contributed by atoms with E-state index < -0.39 is 0 Å². The summed E-state index contributed by atoms with van der Waals surface area (Å²) in [6.45, 7) is 6.46. The smallest absolute Gasteiger partial charge is 0.324 e. The van der Waals surface area contributed by atoms with Crippen molar-refractivity contribution in [1.82, 2.24) is 19.9 Å². The number of piperidine rings is 2. The number of likely N-dealkylation sites (tertiary alicyclic amines) is 1. The summed E-state index contributed by atoms with van der Waals surface area (Å²) in [5, 5.41) is 4.00. The maximum absolute atomic E-state index is 12.4. The molecule has 166 valence electrons. The van der Waals surface area contributed by atoms with Crippen LogP contribution in [0, 0.1) is 6.92 Å². The minimum atomic E-state index is 0.184. The van der Waals surface area contributed by atoms with Gasteiger partial charge < -0.3 is 19.2 Å². The molecule has 3 aliphatic rings. The molecular formula is C24H33N5O2. The van der Waals surface area contributed by atoms with Crippen molar-refractivity contribution in [2.45, 2.75) is 83.1 Å². The fraction of sp³-hybridized carbons (Fsp3) is 0.625. The predicted molar refractivity (Wildman–Crippen MR) is 119 cm³/mol. The molecular weight excluding hydrogens is 390 g/mol. The lowest BCUT2D eigenvalue weighted by Gasteiger charge is -2.46. The molecule has 5 rings (SSSR count). The van der Waals surface area contributed by atoms with Gasteiger partial charge in [0, 0.05) is 50.7 Å². The van der Waals surface area contributed by atoms with E-state index in [4.69, 9.17) is 4.52 Å². The van der Waals surface area contributed by atoms with E-state index >= 15 is 0 Å². The van der Waals surface area contributed by atoms with Gasteiger partial charge in [0.05, 0.1) is 0 Å². The Morgan fingerprint density at radius 2 is 1.74 bits per heavy atom. The quantitative estimate of drug-likeness (QED) is 0.735. The van der Waals surface area contributed by atoms with Crippen LogP contribution in [0.2, 0.25) is 0 Å². The summed E-state index contributed by atoms with van der Waals surface area (Å²) in [5.41, 5.74) is 1.21. The molecule has 0 aliphatic carbocycles. The van der Waals surface area contributed by atoms with Crippen LogP contribution < -0.4 is 4.90 Å². The van der Waals surface area contributed by atoms with Crippen LogP contribution >= 0.6 is 0 Å². The molecule has 0 spiro atoms. The number of aromatic nitrogens is 2. The van der Waals surface area contributed by atoms with Gasteiger partial charge in [0.15, 0.2) is 5.82 Å². The first kappa shape index (κ1) is 20.5. The lowest BCUT2D eigenvalue weighted by molar-refractivity contribution is -0.133. The standard InChI is InChI=1S/C24H33N5O2/c1-17-25-24(31-26-17)29-21-8-9-22(29)15-23(14-21)27-12-10-20(11-13-27)28(18(2)30)16-19-6-4-3-5-7-19/h3-7,20-23H,8-16H2,1-2H3. The Morgan fingerprint density at radius 3 is 2.32 bits per heavy atom. The van der Waals surface area contributed by atoms with Crippen molar-refractivity contribution < 1.29 is 9.32 Å². The summed E-state index contributed by atoms with van der Waals surface area (Å²) in [5.74, 6) is 0.896. The number of fused-ring (bicyclic) bond motifs is 2. The predicted octanol–water partition coefficient (Wildman–Crippen LogP) is 3.39. The number of hydrogen-bond donors (Lipinski definition) is 0. The summed E-state index contributed by atoms with van der Waals surface area (Å²) in [7, 11) is 0. The van der Waals surface area contributed by atoms with Crippen molar-refractivity contribution in [2.24, 2.45) is 0 Å². The highest BCUT2D eigenvalue weighted by Crippen LogP contribution is 2.40. The van der Waals surface area contributed by atoms with Gasteiger partial charge in [-0.25, -0.2) is 0 Å². The molecule has 0 radical (unpaired) electrons. The van der Waals surface area contributed by atoms with Gasteiger partial charge >= 0.3 is 6.01 Å². The van der Waals surface area contributed by atoms with Crippen LogP contribution in [0.15, 0.2) is 34.9 Å². The van der Waals surface area contributed by atoms with Crippen molar-refractivity contribution in [3.63, 3.8) is 0 Å². The van der Waals surface area contributed by atoms with Crippen molar-refractivity contribution in [2.75, 3.05) is 18.0 Å². The van der Waals surface area contributed by atoms with Crippen LogP contribution in [0.1, 0.15) is 56.8 Å². The Morgan fingerprint density at radius 1 is 1.06 bits per heavy atom. The summed E-state index contributed by atoms with van der Waals surface area (Å²) in [6.07, 6.45) is 6.89. The number of aryl methyl sites for hydroxylation is 1. The molecule has 1 aromatic heterocycles. The summed E-state index contributed by atoms with van der Waals surface area (Å²) in [4.78, 5) is 24.0. The van der Waals surface area contributed by atoms with Crippen LogP contribution in [0.25, 0.3) is 0 Å². The lowest BCUT2D eigenvalue weighted by atomic mass is 9.93. The molecule has 0 N–H and O–H groups in total. The zero-order valence-corrected chi connectivity index (χ0v) is 18.6. The molecule has 7 heteroatoms. The fourth-order valence-electron chi connectivity index (χ4n) is 5.99. The molecule has 2 atom stereocenters. The van der Waals surface area contributed by atoms with Gasteiger partial charge in [-0.05, 0) is 51.0 Å². The first-order valence-electron chi connectivity index (χ1n) is 11.7. The van der Waals surface area contributed by atoms with Crippen molar-refractivity contribution in [1.29, 1.82) is 0 Å². The van der Waals surface area contributed by atoms with Crippen LogP contribution in [0.5, 0.6) is 0 Å². The Kier molecular flexibility index (Phi) is 5.69. The van der Waals surface area contributed by atoms with Crippen LogP contribution in [-0.4, -0.2) is 63.1 Å². The van der Waals surface area contributed by atoms with Gasteiger partial charge in [0.25, 0.3) is 0 Å². The molecule has 0 saturated carbocycles. The Balaban J connectivity index is 1.19. The van der Waals surface area contributed by atoms with Crippen molar-refractivity contribution in [3.05, 3.63) is 41.7 Å². The second-order valence-corrected chi connectivity index (χ2v) is 9.44. The second kappa shape index (κ2) is 8.61. The van der Waals surface area contributed by atoms with Gasteiger partial charge in [-0.3, -0.25) is 4.79 Å². The number of carbonyl (C=O) groups excluding carboxylic acids is 1. The van der Waals surface area contributed by atoms with Crippen LogP contribution in [0.3, 0.4) is 0 Å². The van der Waals surface area contributed by atoms with Crippen molar-refractivity contribution >= 4 is 11.9 Å². The largest absolute Gasteiger partial charge is 0.336 e. The van der Waals surface area contributed by atoms with E-state index in [0.29, 0.717) is 42.6 Å². The molecule has 1 aromatic carbocycles. The number of amides is 1. The zero-order valence-electron chi connectivity index (χ0n) is 18.6. The maximum Gasteiger partial charge on any atom is 0.324 e. The average molecular weight is 424 g/mol. The van der Waals surface area contributed by atoms with Gasteiger partial charge in [-0.2, -0.15) is 4.98 Å². The first-order valence-corrected chi connectivity index (χ1v) is 11.7. The third-order valence-electron chi connectivity index (χ3n) is 7.50. The van der Waals surface area contributed by atoms with E-state index in [1.54, 1.807) is 6.92 Å². The van der Waals surface area contributed by atoms with E-state index in [1.807, 2.05) is 25.1 Å². The molecule has 3 saturated heterocycles. The molecule has 4 heterocycles. The molecule has 2 unspecified atom stereocenters. The van der Waals surface area contributed by atoms with Gasteiger partial charge in [0.1, 0.15) is 0 Å². The summed E-state index contributed by atoms with van der Waals surface area (Å²) in [6, 6.07) is 13.0. The van der Waals surface area contributed by atoms with Gasteiger partial charge in [-0.15, -0.1) is 0 Å². The number of anilines is 1. The van der Waals surface area contributed by atoms with Crippen LogP contribution in [0.4, 0.5) is 6.01 Å². The number of carbonyl (C=O) groups is 1. The highest BCUT2D eigenvalue weighted by molar-refractivity contribution is 5.73. The fourth-order valence-corrected chi connectivity index (χ4v) is 5.99. The average Bonchev–Trinajstić information content (AvgIpc) is 3.32. The third kappa shape index (κ3) is 4.20. The molecule has 1 amide bonds. The number of benzene rings is 1. The topological polar surface area (TPSA) is 65.7 Å². The van der Waals surface area contributed by atoms with Crippen LogP contribution in [-0.2, 0) is 11.3 Å². The maximum atomic E-state index is 12.4. The highest BCUT2D eigenvalue weighted by atomic mass is 16.5. The minimum absolute atomic E-state index is 0.184. The molecule has 2 bridgehead atoms. The van der Waals surface area contributed by atoms with Gasteiger partial charge in [0.2, 0.25) is 5.91 Å². The van der Waals surface area contributed by atoms with Gasteiger partial charge in [-0.1, -0.05) is 35.5 Å². The minimum Gasteiger partial charge on any atom is -0.336 e. The Labute approximate surface area is 184 Å². The second-order valence-electron chi connectivity index (χ2n) is 9.44. The number of hydrogen-bond acceptors (Lipinski definition) is 6. The lowest BCUT2D eigenvalue weighted by Crippen LogP contribution is -2.54. The molecule has 3 fully saturated rings. The SMILES string of the molecule is CC(=O)N(Cc1ccccc1)C1CCN(C2CC3CCC(C2)N3c2nc(C)no2)CC1. The number of rotatable bonds is 5. The first-order chi connectivity index (χ1) is 15.1. The van der Waals surface area contributed by atoms with Crippen molar-refractivity contribution in [3.8, 4) is 0 Å². The zero-order chi connectivity index (χ0) is 21.4. The Bertz CT molecular complexity index is 878. The molecule has 3 aliphatic heterocycles. The third-order valence-corrected chi connectivity index (χ3v) is 7.50. The van der Waals surface area contributed by atoms with E-state index in [2.05, 4.69) is 37.0 Å². The normalized spacial score (nSPS) is 26.9. The highest BCUT2D eigenvalue weighted by Gasteiger charge is 2.45. The van der Waals surface area contributed by atoms with E-state index in [1.165, 1.54) is 31.2 Å². The molecule has 31 heavy (non-hydrogen) atoms. The van der Waals surface area contributed by atoms with E-state index in [-0.39, 0.29) is 5.91 Å². The Hall–Kier alpha value is -2.41. The number of nitrogens with zero attached hydrogens (tertiary/aromatic N) is 5. The molecule has 7 nitrogen and oxygen atoms in total. The molecule has 2 aromatic rings. The summed E-state index contributed by atoms with van der Waals surface area (Å²) < 4.78 is 5.49.